The van der Waals surface area contributed by atoms with Crippen LogP contribution >= 0.6 is 11.6 Å². The Morgan fingerprint density at radius 3 is 2.90 bits per heavy atom. The maximum Gasteiger partial charge on any atom is 0.229 e. The average Bonchev–Trinajstić information content (AvgIpc) is 2.84. The summed E-state index contributed by atoms with van der Waals surface area (Å²) in [6.07, 6.45) is 6.14. The number of nitrogens with zero attached hydrogens (tertiary/aromatic N) is 2. The third-order valence-corrected chi connectivity index (χ3v) is 3.79. The fraction of sp³-hybridized carbons (Fsp3) is 0.0769. The molecule has 21 heavy (non-hydrogen) atoms. The molecule has 108 valence electrons. The van der Waals surface area contributed by atoms with Crippen molar-refractivity contribution >= 4 is 38.3 Å². The first kappa shape index (κ1) is 13.8. The van der Waals surface area contributed by atoms with E-state index in [1.165, 1.54) is 0 Å². The van der Waals surface area contributed by atoms with Gasteiger partial charge in [0.1, 0.15) is 5.65 Å². The van der Waals surface area contributed by atoms with Crippen molar-refractivity contribution < 1.29 is 8.42 Å². The van der Waals surface area contributed by atoms with Crippen LogP contribution in [-0.2, 0) is 10.0 Å². The van der Waals surface area contributed by atoms with E-state index in [9.17, 15) is 8.42 Å². The molecule has 0 spiro atoms. The second kappa shape index (κ2) is 5.01. The van der Waals surface area contributed by atoms with E-state index in [2.05, 4.69) is 19.7 Å². The van der Waals surface area contributed by atoms with Crippen LogP contribution in [0.5, 0.6) is 0 Å². The van der Waals surface area contributed by atoms with Crippen LogP contribution in [0.3, 0.4) is 0 Å². The third-order valence-electron chi connectivity index (χ3n) is 2.90. The summed E-state index contributed by atoms with van der Waals surface area (Å²) in [5.41, 5.74) is 2.61. The van der Waals surface area contributed by atoms with Gasteiger partial charge in [0, 0.05) is 35.1 Å². The molecule has 0 bridgehead atoms. The first-order valence-electron chi connectivity index (χ1n) is 6.00. The number of pyridine rings is 2. The number of hydrogen-bond donors (Lipinski definition) is 2. The zero-order chi connectivity index (χ0) is 15.0. The Bertz CT molecular complexity index is 921. The Morgan fingerprint density at radius 1 is 1.33 bits per heavy atom. The maximum absolute atomic E-state index is 11.3. The number of aromatic amines is 1. The second-order valence-electron chi connectivity index (χ2n) is 4.54. The van der Waals surface area contributed by atoms with Crippen LogP contribution in [0.1, 0.15) is 0 Å². The van der Waals surface area contributed by atoms with E-state index in [0.29, 0.717) is 0 Å². The van der Waals surface area contributed by atoms with Gasteiger partial charge in [-0.1, -0.05) is 11.6 Å². The second-order valence-corrected chi connectivity index (χ2v) is 6.64. The molecule has 0 unspecified atom stereocenters. The molecule has 0 saturated heterocycles. The smallest absolute Gasteiger partial charge is 0.229 e. The molecule has 0 aliphatic heterocycles. The summed E-state index contributed by atoms with van der Waals surface area (Å²) in [6.45, 7) is 0. The van der Waals surface area contributed by atoms with Gasteiger partial charge in [-0.25, -0.2) is 18.4 Å². The number of halogens is 1. The summed E-state index contributed by atoms with van der Waals surface area (Å²) in [4.78, 5) is 11.3. The highest BCUT2D eigenvalue weighted by Gasteiger charge is 2.12. The summed E-state index contributed by atoms with van der Waals surface area (Å²) in [7, 11) is -3.42. The van der Waals surface area contributed by atoms with Crippen molar-refractivity contribution in [1.82, 2.24) is 15.0 Å². The Kier molecular flexibility index (Phi) is 3.30. The van der Waals surface area contributed by atoms with Gasteiger partial charge in [0.25, 0.3) is 0 Å². The molecule has 0 aromatic carbocycles. The van der Waals surface area contributed by atoms with Crippen molar-refractivity contribution in [2.75, 3.05) is 11.0 Å². The van der Waals surface area contributed by atoms with Crippen LogP contribution in [0.4, 0.5) is 5.69 Å². The molecule has 0 radical (unpaired) electrons. The fourth-order valence-corrected chi connectivity index (χ4v) is 2.82. The third kappa shape index (κ3) is 2.84. The van der Waals surface area contributed by atoms with Crippen LogP contribution in [-0.4, -0.2) is 29.6 Å². The van der Waals surface area contributed by atoms with Crippen LogP contribution in [0, 0.1) is 0 Å². The predicted molar refractivity (Wildman–Crippen MR) is 82.8 cm³/mol. The molecule has 3 aromatic rings. The van der Waals surface area contributed by atoms with Crippen LogP contribution < -0.4 is 4.72 Å². The van der Waals surface area contributed by atoms with E-state index in [4.69, 9.17) is 11.6 Å². The van der Waals surface area contributed by atoms with E-state index in [1.54, 1.807) is 24.7 Å². The minimum absolute atomic E-state index is 0.0992. The van der Waals surface area contributed by atoms with Crippen LogP contribution in [0.15, 0.2) is 36.8 Å². The number of rotatable bonds is 3. The Morgan fingerprint density at radius 2 is 2.14 bits per heavy atom. The number of anilines is 1. The molecule has 0 amide bonds. The lowest BCUT2D eigenvalue weighted by Crippen LogP contribution is -2.10. The number of aromatic nitrogens is 3. The highest BCUT2D eigenvalue weighted by molar-refractivity contribution is 7.92. The first-order valence-corrected chi connectivity index (χ1v) is 8.27. The highest BCUT2D eigenvalue weighted by atomic mass is 35.5. The minimum Gasteiger partial charge on any atom is -0.346 e. The lowest BCUT2D eigenvalue weighted by atomic mass is 10.1. The molecule has 2 N–H and O–H groups in total. The summed E-state index contributed by atoms with van der Waals surface area (Å²) < 4.78 is 25.1. The van der Waals surface area contributed by atoms with Gasteiger partial charge < -0.3 is 4.98 Å². The van der Waals surface area contributed by atoms with Gasteiger partial charge in [0.05, 0.1) is 11.9 Å². The quantitative estimate of drug-likeness (QED) is 0.726. The Hall–Kier alpha value is -2.12. The largest absolute Gasteiger partial charge is 0.346 e. The van der Waals surface area contributed by atoms with Crippen LogP contribution in [0.25, 0.3) is 22.2 Å². The van der Waals surface area contributed by atoms with Gasteiger partial charge in [-0.3, -0.25) is 4.72 Å². The van der Waals surface area contributed by atoms with E-state index in [1.807, 2.05) is 12.1 Å². The van der Waals surface area contributed by atoms with Crippen molar-refractivity contribution in [2.24, 2.45) is 0 Å². The number of hydrogen-bond acceptors (Lipinski definition) is 4. The van der Waals surface area contributed by atoms with Gasteiger partial charge in [0.15, 0.2) is 5.15 Å². The summed E-state index contributed by atoms with van der Waals surface area (Å²) in [5.74, 6) is 0. The molecule has 0 atom stereocenters. The molecular weight excluding hydrogens is 312 g/mol. The number of H-pyrrole nitrogens is 1. The van der Waals surface area contributed by atoms with Gasteiger partial charge in [-0.05, 0) is 18.2 Å². The fourth-order valence-electron chi connectivity index (χ4n) is 2.06. The van der Waals surface area contributed by atoms with E-state index < -0.39 is 10.0 Å². The maximum atomic E-state index is 11.3. The molecule has 6 nitrogen and oxygen atoms in total. The van der Waals surface area contributed by atoms with Crippen molar-refractivity contribution in [2.45, 2.75) is 0 Å². The van der Waals surface area contributed by atoms with Crippen molar-refractivity contribution in [3.05, 3.63) is 41.9 Å². The summed E-state index contributed by atoms with van der Waals surface area (Å²) in [5, 5.41) is 1.02. The topological polar surface area (TPSA) is 87.7 Å². The molecule has 8 heteroatoms. The average molecular weight is 323 g/mol. The predicted octanol–water partition coefficient (Wildman–Crippen LogP) is 2.65. The zero-order valence-corrected chi connectivity index (χ0v) is 12.5. The Balaban J connectivity index is 2.13. The molecule has 0 saturated carbocycles. The van der Waals surface area contributed by atoms with Crippen molar-refractivity contribution in [3.8, 4) is 11.1 Å². The number of nitrogens with one attached hydrogen (secondary N) is 2. The van der Waals surface area contributed by atoms with Gasteiger partial charge in [0.2, 0.25) is 10.0 Å². The number of sulfonamides is 1. The minimum atomic E-state index is -3.42. The zero-order valence-electron chi connectivity index (χ0n) is 11.0. The van der Waals surface area contributed by atoms with Gasteiger partial charge in [-0.15, -0.1) is 0 Å². The molecule has 3 heterocycles. The van der Waals surface area contributed by atoms with E-state index in [-0.39, 0.29) is 10.8 Å². The van der Waals surface area contributed by atoms with Gasteiger partial charge in [-0.2, -0.15) is 0 Å². The highest BCUT2D eigenvalue weighted by Crippen LogP contribution is 2.31. The normalized spacial score (nSPS) is 11.7. The lowest BCUT2D eigenvalue weighted by molar-refractivity contribution is 0.607. The van der Waals surface area contributed by atoms with Crippen molar-refractivity contribution in [3.63, 3.8) is 0 Å². The molecule has 3 aromatic heterocycles. The molecule has 0 aliphatic rings. The first-order chi connectivity index (χ1) is 9.94. The van der Waals surface area contributed by atoms with E-state index >= 15 is 0 Å². The molecule has 0 fully saturated rings. The molecular formula is C13H11ClN4O2S. The van der Waals surface area contributed by atoms with E-state index in [0.717, 1.165) is 28.4 Å². The molecule has 3 rings (SSSR count). The van der Waals surface area contributed by atoms with Gasteiger partial charge >= 0.3 is 0 Å². The lowest BCUT2D eigenvalue weighted by Gasteiger charge is -2.07. The van der Waals surface area contributed by atoms with Crippen LogP contribution in [0.2, 0.25) is 5.15 Å². The van der Waals surface area contributed by atoms with Crippen molar-refractivity contribution in [1.29, 1.82) is 0 Å². The molecule has 0 aliphatic carbocycles. The summed E-state index contributed by atoms with van der Waals surface area (Å²) in [6, 6.07) is 5.40. The standard InChI is InChI=1S/C13H11ClN4O2S/c1-21(19,20)18-11-5-8(6-16-12(11)14)10-7-17-13-9(10)3-2-4-15-13/h2-7,18H,1H3,(H,15,17). The Labute approximate surface area is 126 Å². The number of fused-ring (bicyclic) bond motifs is 1. The summed E-state index contributed by atoms with van der Waals surface area (Å²) >= 11 is 5.92. The SMILES string of the molecule is CS(=O)(=O)Nc1cc(-c2c[nH]c3ncccc23)cnc1Cl. The monoisotopic (exact) mass is 322 g/mol.